The first kappa shape index (κ1) is 12.6. The van der Waals surface area contributed by atoms with Crippen molar-refractivity contribution in [3.63, 3.8) is 0 Å². The van der Waals surface area contributed by atoms with Crippen molar-refractivity contribution in [1.29, 1.82) is 0 Å². The van der Waals surface area contributed by atoms with Gasteiger partial charge in [0, 0.05) is 10.9 Å². The van der Waals surface area contributed by atoms with E-state index < -0.39 is 0 Å². The molecule has 0 bridgehead atoms. The molecule has 102 valence electrons. The van der Waals surface area contributed by atoms with E-state index in [2.05, 4.69) is 33.7 Å². The number of aliphatic hydroxyl groups excluding tert-OH is 1. The Balaban J connectivity index is 1.97. The van der Waals surface area contributed by atoms with Crippen LogP contribution in [0.2, 0.25) is 0 Å². The van der Waals surface area contributed by atoms with Crippen molar-refractivity contribution < 1.29 is 5.11 Å². The molecule has 0 radical (unpaired) electrons. The highest BCUT2D eigenvalue weighted by Gasteiger charge is 2.28. The van der Waals surface area contributed by atoms with Crippen LogP contribution in [0.25, 0.3) is 10.2 Å². The van der Waals surface area contributed by atoms with Crippen LogP contribution in [0.5, 0.6) is 0 Å². The second-order valence-corrected chi connectivity index (χ2v) is 5.91. The molecule has 19 heavy (non-hydrogen) atoms. The zero-order chi connectivity index (χ0) is 13.4. The van der Waals surface area contributed by atoms with Gasteiger partial charge in [-0.3, -0.25) is 5.43 Å². The van der Waals surface area contributed by atoms with Crippen LogP contribution in [0.4, 0.5) is 11.8 Å². The van der Waals surface area contributed by atoms with Gasteiger partial charge >= 0.3 is 0 Å². The second kappa shape index (κ2) is 4.92. The summed E-state index contributed by atoms with van der Waals surface area (Å²) in [6.07, 6.45) is 2.33. The number of rotatable bonds is 4. The molecule has 3 rings (SSSR count). The Bertz CT molecular complexity index is 593. The van der Waals surface area contributed by atoms with Gasteiger partial charge in [-0.1, -0.05) is 6.92 Å². The minimum atomic E-state index is -0.185. The van der Waals surface area contributed by atoms with Crippen molar-refractivity contribution in [2.24, 2.45) is 5.84 Å². The van der Waals surface area contributed by atoms with Crippen LogP contribution in [0, 0.1) is 0 Å². The van der Waals surface area contributed by atoms with Gasteiger partial charge in [0.15, 0.2) is 0 Å². The maximum atomic E-state index is 9.35. The quantitative estimate of drug-likeness (QED) is 0.500. The average Bonchev–Trinajstić information content (AvgIpc) is 2.79. The number of aliphatic hydroxyl groups is 1. The average molecular weight is 279 g/mol. The number of hydrogen-bond acceptors (Lipinski definition) is 7. The number of nitrogen functional groups attached to an aromatic ring is 1. The topological polar surface area (TPSA) is 96.1 Å². The number of thiophene rings is 1. The number of nitrogens with zero attached hydrogens (tertiary/aromatic N) is 2. The Kier molecular flexibility index (Phi) is 3.26. The predicted molar refractivity (Wildman–Crippen MR) is 77.3 cm³/mol. The Morgan fingerprint density at radius 3 is 2.89 bits per heavy atom. The number of anilines is 2. The fourth-order valence-electron chi connectivity index (χ4n) is 2.22. The number of fused-ring (bicyclic) bond motifs is 1. The van der Waals surface area contributed by atoms with Crippen molar-refractivity contribution in [3.8, 4) is 0 Å². The maximum Gasteiger partial charge on any atom is 0.240 e. The van der Waals surface area contributed by atoms with Crippen LogP contribution in [0.3, 0.4) is 0 Å². The van der Waals surface area contributed by atoms with Crippen LogP contribution in [-0.2, 0) is 6.42 Å². The molecule has 1 saturated carbocycles. The van der Waals surface area contributed by atoms with E-state index in [0.29, 0.717) is 5.95 Å². The predicted octanol–water partition coefficient (Wildman–Crippen LogP) is 1.47. The van der Waals surface area contributed by atoms with E-state index >= 15 is 0 Å². The number of aromatic nitrogens is 2. The summed E-state index contributed by atoms with van der Waals surface area (Å²) in [5, 5.41) is 13.7. The Morgan fingerprint density at radius 2 is 2.26 bits per heavy atom. The van der Waals surface area contributed by atoms with E-state index in [1.165, 1.54) is 4.88 Å². The molecule has 1 aliphatic carbocycles. The highest BCUT2D eigenvalue weighted by Crippen LogP contribution is 2.32. The minimum absolute atomic E-state index is 0.185. The first-order valence-electron chi connectivity index (χ1n) is 6.41. The lowest BCUT2D eigenvalue weighted by molar-refractivity contribution is 0.0836. The fourth-order valence-corrected chi connectivity index (χ4v) is 3.19. The van der Waals surface area contributed by atoms with Crippen LogP contribution in [-0.4, -0.2) is 27.2 Å². The van der Waals surface area contributed by atoms with Crippen molar-refractivity contribution in [1.82, 2.24) is 9.97 Å². The van der Waals surface area contributed by atoms with Gasteiger partial charge in [-0.25, -0.2) is 10.8 Å². The van der Waals surface area contributed by atoms with Crippen LogP contribution >= 0.6 is 11.3 Å². The summed E-state index contributed by atoms with van der Waals surface area (Å²) in [5.41, 5.74) is 2.50. The van der Waals surface area contributed by atoms with Crippen LogP contribution in [0.15, 0.2) is 6.07 Å². The van der Waals surface area contributed by atoms with Gasteiger partial charge in [0.1, 0.15) is 10.6 Å². The highest BCUT2D eigenvalue weighted by molar-refractivity contribution is 7.18. The smallest absolute Gasteiger partial charge is 0.240 e. The lowest BCUT2D eigenvalue weighted by Crippen LogP contribution is -2.39. The lowest BCUT2D eigenvalue weighted by Gasteiger charge is -2.32. The molecule has 1 fully saturated rings. The monoisotopic (exact) mass is 279 g/mol. The molecular weight excluding hydrogens is 262 g/mol. The Hall–Kier alpha value is -1.44. The van der Waals surface area contributed by atoms with Crippen LogP contribution < -0.4 is 16.6 Å². The van der Waals surface area contributed by atoms with Gasteiger partial charge in [-0.15, -0.1) is 11.3 Å². The normalized spacial score (nSPS) is 22.3. The highest BCUT2D eigenvalue weighted by atomic mass is 32.1. The third-order valence-electron chi connectivity index (χ3n) is 3.38. The van der Waals surface area contributed by atoms with Gasteiger partial charge in [0.05, 0.1) is 11.5 Å². The van der Waals surface area contributed by atoms with Crippen molar-refractivity contribution in [2.75, 3.05) is 10.7 Å². The maximum absolute atomic E-state index is 9.35. The molecule has 0 aromatic carbocycles. The molecule has 2 aromatic heterocycles. The summed E-state index contributed by atoms with van der Waals surface area (Å²) >= 11 is 1.66. The first-order valence-corrected chi connectivity index (χ1v) is 7.23. The zero-order valence-electron chi connectivity index (χ0n) is 10.7. The van der Waals surface area contributed by atoms with Crippen molar-refractivity contribution in [2.45, 2.75) is 38.3 Å². The summed E-state index contributed by atoms with van der Waals surface area (Å²) in [6, 6.07) is 2.40. The molecule has 0 atom stereocenters. The molecule has 0 unspecified atom stereocenters. The molecule has 2 heterocycles. The molecule has 5 N–H and O–H groups in total. The molecule has 0 aliphatic heterocycles. The van der Waals surface area contributed by atoms with Crippen molar-refractivity contribution in [3.05, 3.63) is 10.9 Å². The lowest BCUT2D eigenvalue weighted by atomic mass is 9.89. The molecule has 1 aliphatic rings. The van der Waals surface area contributed by atoms with Gasteiger partial charge < -0.3 is 10.4 Å². The molecular formula is C12H17N5OS. The summed E-state index contributed by atoms with van der Waals surface area (Å²) in [4.78, 5) is 11.0. The Labute approximate surface area is 115 Å². The van der Waals surface area contributed by atoms with E-state index in [1.807, 2.05) is 0 Å². The third-order valence-corrected chi connectivity index (χ3v) is 4.55. The van der Waals surface area contributed by atoms with E-state index in [4.69, 9.17) is 5.84 Å². The van der Waals surface area contributed by atoms with Crippen molar-refractivity contribution >= 4 is 33.3 Å². The number of nitrogens with one attached hydrogen (secondary N) is 2. The summed E-state index contributed by atoms with van der Waals surface area (Å²) < 4.78 is 0. The zero-order valence-corrected chi connectivity index (χ0v) is 11.5. The number of hydrogen-bond donors (Lipinski definition) is 4. The van der Waals surface area contributed by atoms with E-state index in [1.54, 1.807) is 11.3 Å². The molecule has 2 aromatic rings. The summed E-state index contributed by atoms with van der Waals surface area (Å²) in [6.45, 7) is 2.12. The van der Waals surface area contributed by atoms with Gasteiger partial charge in [0.25, 0.3) is 0 Å². The Morgan fingerprint density at radius 1 is 1.47 bits per heavy atom. The largest absolute Gasteiger partial charge is 0.393 e. The first-order chi connectivity index (χ1) is 9.19. The SMILES string of the molecule is CCc1cc2c(NC3CC(O)C3)nc(NN)nc2s1. The van der Waals surface area contributed by atoms with Gasteiger partial charge in [-0.2, -0.15) is 4.98 Å². The van der Waals surface area contributed by atoms with E-state index in [9.17, 15) is 5.11 Å². The summed E-state index contributed by atoms with van der Waals surface area (Å²) in [7, 11) is 0. The minimum Gasteiger partial charge on any atom is -0.393 e. The summed E-state index contributed by atoms with van der Waals surface area (Å²) in [5.74, 6) is 6.62. The van der Waals surface area contributed by atoms with Gasteiger partial charge in [0.2, 0.25) is 5.95 Å². The molecule has 7 heteroatoms. The molecule has 6 nitrogen and oxygen atoms in total. The number of aryl methyl sites for hydroxylation is 1. The van der Waals surface area contributed by atoms with Crippen LogP contribution in [0.1, 0.15) is 24.6 Å². The number of nitrogens with two attached hydrogens (primary N) is 1. The second-order valence-electron chi connectivity index (χ2n) is 4.79. The third kappa shape index (κ3) is 2.36. The fraction of sp³-hybridized carbons (Fsp3) is 0.500. The van der Waals surface area contributed by atoms with E-state index in [-0.39, 0.29) is 12.1 Å². The van der Waals surface area contributed by atoms with E-state index in [0.717, 1.165) is 35.3 Å². The molecule has 0 amide bonds. The number of hydrazine groups is 1. The molecule has 0 saturated heterocycles. The standard InChI is InChI=1S/C12H17N5OS/c1-2-8-5-9-10(14-6-3-7(18)4-6)15-12(17-13)16-11(9)19-8/h5-7,18H,2-4,13H2,1H3,(H2,14,15,16,17). The molecule has 0 spiro atoms. The van der Waals surface area contributed by atoms with Gasteiger partial charge in [-0.05, 0) is 25.3 Å².